The highest BCUT2D eigenvalue weighted by molar-refractivity contribution is 5.90. The van der Waals surface area contributed by atoms with E-state index in [-0.39, 0.29) is 0 Å². The number of rotatable bonds is 2. The molecule has 23 heavy (non-hydrogen) atoms. The van der Waals surface area contributed by atoms with E-state index in [9.17, 15) is 4.79 Å². The molecular weight excluding hydrogens is 288 g/mol. The number of benzene rings is 2. The maximum absolute atomic E-state index is 11.8. The lowest BCUT2D eigenvalue weighted by molar-refractivity contribution is 0.0636. The number of hydrogen-bond acceptors (Lipinski definition) is 3. The van der Waals surface area contributed by atoms with Gasteiger partial charge in [0.2, 0.25) is 0 Å². The largest absolute Gasteiger partial charge is 0.444 e. The minimum atomic E-state index is -0.544. The van der Waals surface area contributed by atoms with Crippen molar-refractivity contribution in [3.63, 3.8) is 0 Å². The first-order valence-electron chi connectivity index (χ1n) is 7.63. The highest BCUT2D eigenvalue weighted by Crippen LogP contribution is 2.29. The fourth-order valence-electron chi connectivity index (χ4n) is 2.40. The summed E-state index contributed by atoms with van der Waals surface area (Å²) in [4.78, 5) is 11.8. The number of anilines is 2. The van der Waals surface area contributed by atoms with E-state index in [1.807, 2.05) is 32.9 Å². The monoisotopic (exact) mass is 312 g/mol. The molecule has 0 spiro atoms. The molecule has 0 aliphatic rings. The molecule has 4 nitrogen and oxygen atoms in total. The number of nitrogens with one attached hydrogen (secondary N) is 1. The molecule has 0 unspecified atom stereocenters. The van der Waals surface area contributed by atoms with Crippen LogP contribution in [-0.4, -0.2) is 11.7 Å². The van der Waals surface area contributed by atoms with Crippen molar-refractivity contribution in [2.45, 2.75) is 40.2 Å². The summed E-state index contributed by atoms with van der Waals surface area (Å²) in [6, 6.07) is 11.9. The van der Waals surface area contributed by atoms with Crippen LogP contribution in [0, 0.1) is 13.8 Å². The summed E-state index contributed by atoms with van der Waals surface area (Å²) in [5.41, 5.74) is 11.2. The van der Waals surface area contributed by atoms with Crippen LogP contribution in [0.15, 0.2) is 36.4 Å². The average Bonchev–Trinajstić information content (AvgIpc) is 2.39. The number of carbonyl (C=O) groups excluding carboxylic acids is 1. The van der Waals surface area contributed by atoms with Gasteiger partial charge in [-0.3, -0.25) is 5.32 Å². The molecule has 0 aliphatic heterocycles. The highest BCUT2D eigenvalue weighted by Gasteiger charge is 2.17. The lowest BCUT2D eigenvalue weighted by Gasteiger charge is -2.20. The van der Waals surface area contributed by atoms with Crippen molar-refractivity contribution in [3.05, 3.63) is 47.5 Å². The topological polar surface area (TPSA) is 64.3 Å². The summed E-state index contributed by atoms with van der Waals surface area (Å²) in [5, 5.41) is 2.68. The second kappa shape index (κ2) is 6.32. The minimum Gasteiger partial charge on any atom is -0.444 e. The molecule has 0 atom stereocenters. The van der Waals surface area contributed by atoms with Gasteiger partial charge in [-0.15, -0.1) is 0 Å². The quantitative estimate of drug-likeness (QED) is 0.775. The number of amides is 1. The van der Waals surface area contributed by atoms with Gasteiger partial charge in [0, 0.05) is 0 Å². The van der Waals surface area contributed by atoms with Crippen LogP contribution in [0.1, 0.15) is 31.9 Å². The molecule has 4 heteroatoms. The van der Waals surface area contributed by atoms with Crippen molar-refractivity contribution < 1.29 is 9.53 Å². The second-order valence-corrected chi connectivity index (χ2v) is 6.75. The molecule has 0 aliphatic carbocycles. The first kappa shape index (κ1) is 16.9. The Morgan fingerprint density at radius 3 is 2.35 bits per heavy atom. The van der Waals surface area contributed by atoms with Crippen LogP contribution in [-0.2, 0) is 4.74 Å². The minimum absolute atomic E-state index is 0.508. The average molecular weight is 312 g/mol. The van der Waals surface area contributed by atoms with Crippen LogP contribution in [0.25, 0.3) is 11.1 Å². The Labute approximate surface area is 137 Å². The van der Waals surface area contributed by atoms with Gasteiger partial charge < -0.3 is 10.5 Å². The molecule has 0 aromatic heterocycles. The molecule has 0 saturated carbocycles. The fraction of sp³-hybridized carbons (Fsp3) is 0.316. The number of hydrogen-bond donors (Lipinski definition) is 2. The molecular formula is C19H24N2O2. The van der Waals surface area contributed by atoms with Crippen LogP contribution < -0.4 is 11.1 Å². The van der Waals surface area contributed by atoms with E-state index in [0.29, 0.717) is 11.4 Å². The van der Waals surface area contributed by atoms with E-state index in [2.05, 4.69) is 37.4 Å². The van der Waals surface area contributed by atoms with E-state index >= 15 is 0 Å². The van der Waals surface area contributed by atoms with E-state index in [0.717, 1.165) is 11.1 Å². The number of nitrogens with two attached hydrogens (primary N) is 1. The van der Waals surface area contributed by atoms with Crippen LogP contribution >= 0.6 is 0 Å². The molecule has 122 valence electrons. The Bertz CT molecular complexity index is 731. The van der Waals surface area contributed by atoms with Crippen molar-refractivity contribution >= 4 is 17.5 Å². The lowest BCUT2D eigenvalue weighted by Crippen LogP contribution is -2.27. The molecule has 1 amide bonds. The zero-order valence-electron chi connectivity index (χ0n) is 14.4. The standard InChI is InChI=1S/C19H24N2O2/c1-12-6-8-15(13(2)10-12)14-7-9-17(16(20)11-14)21-18(22)23-19(3,4)5/h6-11H,20H2,1-5H3,(H,21,22). The van der Waals surface area contributed by atoms with Gasteiger partial charge in [0.1, 0.15) is 5.60 Å². The maximum Gasteiger partial charge on any atom is 0.412 e. The summed E-state index contributed by atoms with van der Waals surface area (Å²) in [6.45, 7) is 9.60. The molecule has 0 bridgehead atoms. The predicted molar refractivity (Wildman–Crippen MR) is 95.6 cm³/mol. The van der Waals surface area contributed by atoms with Gasteiger partial charge in [-0.2, -0.15) is 0 Å². The zero-order chi connectivity index (χ0) is 17.2. The zero-order valence-corrected chi connectivity index (χ0v) is 14.4. The third kappa shape index (κ3) is 4.49. The van der Waals surface area contributed by atoms with E-state index in [1.165, 1.54) is 11.1 Å². The van der Waals surface area contributed by atoms with Crippen LogP contribution in [0.4, 0.5) is 16.2 Å². The van der Waals surface area contributed by atoms with Gasteiger partial charge in [-0.1, -0.05) is 29.8 Å². The Hall–Kier alpha value is -2.49. The first-order valence-corrected chi connectivity index (χ1v) is 7.63. The summed E-state index contributed by atoms with van der Waals surface area (Å²) >= 11 is 0. The van der Waals surface area contributed by atoms with Gasteiger partial charge in [0.15, 0.2) is 0 Å². The molecule has 0 heterocycles. The van der Waals surface area contributed by atoms with Gasteiger partial charge in [0.05, 0.1) is 11.4 Å². The highest BCUT2D eigenvalue weighted by atomic mass is 16.6. The third-order valence-corrected chi connectivity index (χ3v) is 3.38. The number of carbonyl (C=O) groups is 1. The molecule has 3 N–H and O–H groups in total. The Kier molecular flexibility index (Phi) is 4.64. The maximum atomic E-state index is 11.8. The smallest absolute Gasteiger partial charge is 0.412 e. The normalized spacial score (nSPS) is 11.2. The fourth-order valence-corrected chi connectivity index (χ4v) is 2.40. The number of nitrogen functional groups attached to an aromatic ring is 1. The van der Waals surface area contributed by atoms with Gasteiger partial charge >= 0.3 is 6.09 Å². The van der Waals surface area contributed by atoms with E-state index in [4.69, 9.17) is 10.5 Å². The molecule has 2 aromatic carbocycles. The number of ether oxygens (including phenoxy) is 1. The van der Waals surface area contributed by atoms with Gasteiger partial charge in [-0.25, -0.2) is 4.79 Å². The van der Waals surface area contributed by atoms with Crippen LogP contribution in [0.2, 0.25) is 0 Å². The Morgan fingerprint density at radius 1 is 1.09 bits per heavy atom. The SMILES string of the molecule is Cc1ccc(-c2ccc(NC(=O)OC(C)(C)C)c(N)c2)c(C)c1. The first-order chi connectivity index (χ1) is 10.7. The summed E-state index contributed by atoms with van der Waals surface area (Å²) in [5.74, 6) is 0. The van der Waals surface area contributed by atoms with Crippen molar-refractivity contribution in [1.29, 1.82) is 0 Å². The van der Waals surface area contributed by atoms with Gasteiger partial charge in [-0.05, 0) is 63.4 Å². The van der Waals surface area contributed by atoms with Crippen molar-refractivity contribution in [2.75, 3.05) is 11.1 Å². The van der Waals surface area contributed by atoms with Crippen molar-refractivity contribution in [1.82, 2.24) is 0 Å². The number of aryl methyl sites for hydroxylation is 2. The van der Waals surface area contributed by atoms with Crippen molar-refractivity contribution in [2.24, 2.45) is 0 Å². The third-order valence-electron chi connectivity index (χ3n) is 3.38. The molecule has 0 saturated heterocycles. The molecule has 0 radical (unpaired) electrons. The summed E-state index contributed by atoms with van der Waals surface area (Å²) in [6.07, 6.45) is -0.511. The van der Waals surface area contributed by atoms with E-state index < -0.39 is 11.7 Å². The Morgan fingerprint density at radius 2 is 1.78 bits per heavy atom. The molecule has 2 rings (SSSR count). The predicted octanol–water partition coefficient (Wildman–Crippen LogP) is 4.90. The second-order valence-electron chi connectivity index (χ2n) is 6.75. The summed E-state index contributed by atoms with van der Waals surface area (Å²) in [7, 11) is 0. The molecule has 2 aromatic rings. The van der Waals surface area contributed by atoms with E-state index in [1.54, 1.807) is 6.07 Å². The molecule has 0 fully saturated rings. The van der Waals surface area contributed by atoms with Crippen LogP contribution in [0.3, 0.4) is 0 Å². The lowest BCUT2D eigenvalue weighted by atomic mass is 9.98. The summed E-state index contributed by atoms with van der Waals surface area (Å²) < 4.78 is 5.24. The van der Waals surface area contributed by atoms with Gasteiger partial charge in [0.25, 0.3) is 0 Å². The van der Waals surface area contributed by atoms with Crippen LogP contribution in [0.5, 0.6) is 0 Å². The Balaban J connectivity index is 2.22. The van der Waals surface area contributed by atoms with Crippen molar-refractivity contribution in [3.8, 4) is 11.1 Å².